The quantitative estimate of drug-likeness (QED) is 0.553. The van der Waals surface area contributed by atoms with Gasteiger partial charge in [0.2, 0.25) is 0 Å². The first kappa shape index (κ1) is 21.1. The molecule has 1 aliphatic heterocycles. The fraction of sp³-hybridized carbons (Fsp3) is 0.360. The number of allylic oxidation sites excluding steroid dienone is 1. The zero-order valence-electron chi connectivity index (χ0n) is 18.6. The fourth-order valence-electron chi connectivity index (χ4n) is 3.70. The van der Waals surface area contributed by atoms with E-state index in [0.29, 0.717) is 5.65 Å². The summed E-state index contributed by atoms with van der Waals surface area (Å²) in [7, 11) is 0. The van der Waals surface area contributed by atoms with E-state index < -0.39 is 11.7 Å². The number of hydrogen-bond donors (Lipinski definition) is 0. The number of rotatable bonds is 4. The van der Waals surface area contributed by atoms with Gasteiger partial charge in [-0.05, 0) is 75.6 Å². The third-order valence-electron chi connectivity index (χ3n) is 5.18. The molecule has 3 aromatic rings. The molecule has 4 heterocycles. The van der Waals surface area contributed by atoms with Crippen molar-refractivity contribution >= 4 is 23.2 Å². The van der Waals surface area contributed by atoms with E-state index in [1.807, 2.05) is 64.2 Å². The van der Waals surface area contributed by atoms with Gasteiger partial charge < -0.3 is 9.15 Å². The van der Waals surface area contributed by atoms with Crippen LogP contribution in [0.4, 0.5) is 4.79 Å². The third-order valence-corrected chi connectivity index (χ3v) is 5.18. The summed E-state index contributed by atoms with van der Waals surface area (Å²) in [5, 5.41) is 0.983. The van der Waals surface area contributed by atoms with E-state index in [0.717, 1.165) is 48.5 Å². The molecule has 1 aliphatic rings. The van der Waals surface area contributed by atoms with Gasteiger partial charge in [-0.1, -0.05) is 12.2 Å². The summed E-state index contributed by atoms with van der Waals surface area (Å²) >= 11 is 0. The van der Waals surface area contributed by atoms with E-state index in [9.17, 15) is 4.79 Å². The highest BCUT2D eigenvalue weighted by Gasteiger charge is 2.22. The minimum Gasteiger partial charge on any atom is -0.462 e. The Balaban J connectivity index is 1.47. The Hall–Kier alpha value is -3.12. The van der Waals surface area contributed by atoms with Crippen molar-refractivity contribution in [1.29, 1.82) is 0 Å². The molecule has 6 heteroatoms. The molecule has 0 saturated carbocycles. The summed E-state index contributed by atoms with van der Waals surface area (Å²) in [6, 6.07) is 7.87. The number of ether oxygens (including phenoxy) is 1. The average molecular weight is 420 g/mol. The molecule has 0 saturated heterocycles. The zero-order chi connectivity index (χ0) is 22.0. The highest BCUT2D eigenvalue weighted by Crippen LogP contribution is 2.24. The lowest BCUT2D eigenvalue weighted by Gasteiger charge is -2.25. The Morgan fingerprint density at radius 1 is 1.26 bits per heavy atom. The second-order valence-electron chi connectivity index (χ2n) is 8.93. The van der Waals surface area contributed by atoms with Crippen LogP contribution in [0.2, 0.25) is 0 Å². The van der Waals surface area contributed by atoms with Gasteiger partial charge in [0.1, 0.15) is 22.8 Å². The van der Waals surface area contributed by atoms with E-state index in [4.69, 9.17) is 9.15 Å². The predicted octanol–water partition coefficient (Wildman–Crippen LogP) is 5.57. The Morgan fingerprint density at radius 3 is 2.77 bits per heavy atom. The number of aryl methyl sites for hydroxylation is 1. The topological polar surface area (TPSA) is 60.5 Å². The molecule has 0 aliphatic carbocycles. The fourth-order valence-corrected chi connectivity index (χ4v) is 3.70. The molecule has 0 spiro atoms. The maximum Gasteiger partial charge on any atom is 0.420 e. The number of aromatic nitrogens is 2. The molecule has 0 aromatic carbocycles. The Kier molecular flexibility index (Phi) is 5.83. The minimum absolute atomic E-state index is 0.401. The van der Waals surface area contributed by atoms with E-state index in [2.05, 4.69) is 22.0 Å². The van der Waals surface area contributed by atoms with Gasteiger partial charge in [0, 0.05) is 37.4 Å². The van der Waals surface area contributed by atoms with Gasteiger partial charge in [-0.2, -0.15) is 0 Å². The van der Waals surface area contributed by atoms with Crippen LogP contribution in [0, 0.1) is 6.92 Å². The van der Waals surface area contributed by atoms with Crippen LogP contribution in [-0.4, -0.2) is 39.2 Å². The van der Waals surface area contributed by atoms with Gasteiger partial charge >= 0.3 is 6.09 Å². The lowest BCUT2D eigenvalue weighted by molar-refractivity contribution is 0.0543. The Labute approximate surface area is 182 Å². The molecule has 0 radical (unpaired) electrons. The summed E-state index contributed by atoms with van der Waals surface area (Å²) in [6.07, 6.45) is 10.5. The van der Waals surface area contributed by atoms with Crippen LogP contribution in [-0.2, 0) is 11.3 Å². The second kappa shape index (κ2) is 8.55. The SMILES string of the molecule is Cc1ccc(/C=C/C2=CCN(Cc3cn(C(=O)OC(C)(C)C)c4ncccc34)CC2)o1. The second-order valence-corrected chi connectivity index (χ2v) is 8.93. The first-order valence-corrected chi connectivity index (χ1v) is 10.6. The van der Waals surface area contributed by atoms with E-state index >= 15 is 0 Å². The van der Waals surface area contributed by atoms with Gasteiger partial charge in [0.25, 0.3) is 0 Å². The Bertz CT molecular complexity index is 1140. The molecule has 6 nitrogen and oxygen atoms in total. The van der Waals surface area contributed by atoms with Crippen LogP contribution >= 0.6 is 0 Å². The number of hydrogen-bond acceptors (Lipinski definition) is 5. The molecule has 0 bridgehead atoms. The number of carbonyl (C=O) groups excluding carboxylic acids is 1. The summed E-state index contributed by atoms with van der Waals surface area (Å²) in [5.74, 6) is 1.80. The van der Waals surface area contributed by atoms with Crippen LogP contribution in [0.25, 0.3) is 17.1 Å². The number of carbonyl (C=O) groups is 1. The minimum atomic E-state index is -0.557. The van der Waals surface area contributed by atoms with Gasteiger partial charge in [0.15, 0.2) is 0 Å². The lowest BCUT2D eigenvalue weighted by atomic mass is 10.1. The smallest absolute Gasteiger partial charge is 0.420 e. The van der Waals surface area contributed by atoms with Crippen molar-refractivity contribution in [1.82, 2.24) is 14.5 Å². The van der Waals surface area contributed by atoms with Crippen LogP contribution in [0.5, 0.6) is 0 Å². The van der Waals surface area contributed by atoms with Crippen LogP contribution in [0.15, 0.2) is 58.8 Å². The van der Waals surface area contributed by atoms with Crippen molar-refractivity contribution in [2.24, 2.45) is 0 Å². The highest BCUT2D eigenvalue weighted by molar-refractivity contribution is 5.89. The highest BCUT2D eigenvalue weighted by atomic mass is 16.6. The zero-order valence-corrected chi connectivity index (χ0v) is 18.6. The summed E-state index contributed by atoms with van der Waals surface area (Å²) in [5.41, 5.74) is 2.46. The van der Waals surface area contributed by atoms with Gasteiger partial charge in [-0.15, -0.1) is 0 Å². The monoisotopic (exact) mass is 419 g/mol. The summed E-state index contributed by atoms with van der Waals surface area (Å²) in [6.45, 7) is 10.1. The van der Waals surface area contributed by atoms with Crippen LogP contribution in [0.3, 0.4) is 0 Å². The van der Waals surface area contributed by atoms with E-state index in [1.54, 1.807) is 6.20 Å². The molecule has 0 unspecified atom stereocenters. The molecular formula is C25H29N3O3. The molecule has 0 fully saturated rings. The van der Waals surface area contributed by atoms with Gasteiger partial charge in [0.05, 0.1) is 0 Å². The standard InChI is InChI=1S/C25H29N3O3/c1-18-7-9-21(30-18)10-8-19-11-14-27(15-12-19)16-20-17-28(24(29)31-25(2,3)4)23-22(20)6-5-13-26-23/h5-11,13,17H,12,14-16H2,1-4H3/b10-8+. The molecule has 4 rings (SSSR count). The third kappa shape index (κ3) is 5.14. The molecule has 0 atom stereocenters. The number of nitrogens with zero attached hydrogens (tertiary/aromatic N) is 3. The largest absolute Gasteiger partial charge is 0.462 e. The molecule has 162 valence electrons. The number of fused-ring (bicyclic) bond motifs is 1. The molecule has 3 aromatic heterocycles. The maximum atomic E-state index is 12.7. The van der Waals surface area contributed by atoms with Crippen molar-refractivity contribution in [3.8, 4) is 0 Å². The first-order valence-electron chi connectivity index (χ1n) is 10.6. The maximum absolute atomic E-state index is 12.7. The lowest BCUT2D eigenvalue weighted by Crippen LogP contribution is -2.28. The van der Waals surface area contributed by atoms with Crippen molar-refractivity contribution < 1.29 is 13.9 Å². The molecule has 0 N–H and O–H groups in total. The van der Waals surface area contributed by atoms with Crippen molar-refractivity contribution in [2.45, 2.75) is 46.3 Å². The average Bonchev–Trinajstić information content (AvgIpc) is 3.30. The predicted molar refractivity (Wildman–Crippen MR) is 122 cm³/mol. The van der Waals surface area contributed by atoms with E-state index in [-0.39, 0.29) is 0 Å². The first-order chi connectivity index (χ1) is 14.8. The van der Waals surface area contributed by atoms with Crippen molar-refractivity contribution in [2.75, 3.05) is 13.1 Å². The van der Waals surface area contributed by atoms with Crippen LogP contribution in [0.1, 0.15) is 44.3 Å². The normalized spacial score (nSPS) is 15.5. The Morgan fingerprint density at radius 2 is 2.10 bits per heavy atom. The molecule has 0 amide bonds. The number of pyridine rings is 1. The van der Waals surface area contributed by atoms with Gasteiger partial charge in [-0.25, -0.2) is 14.3 Å². The molecule has 31 heavy (non-hydrogen) atoms. The summed E-state index contributed by atoms with van der Waals surface area (Å²) in [4.78, 5) is 19.5. The van der Waals surface area contributed by atoms with Crippen LogP contribution < -0.4 is 0 Å². The van der Waals surface area contributed by atoms with Crippen molar-refractivity contribution in [3.63, 3.8) is 0 Å². The summed E-state index contributed by atoms with van der Waals surface area (Å²) < 4.78 is 12.7. The van der Waals surface area contributed by atoms with Crippen molar-refractivity contribution in [3.05, 3.63) is 71.5 Å². The number of furan rings is 1. The van der Waals surface area contributed by atoms with Gasteiger partial charge in [-0.3, -0.25) is 4.90 Å². The van der Waals surface area contributed by atoms with E-state index in [1.165, 1.54) is 10.1 Å². The molecular weight excluding hydrogens is 390 g/mol.